The molecule has 0 unspecified atom stereocenters. The Hall–Kier alpha value is -1.91. The summed E-state index contributed by atoms with van der Waals surface area (Å²) in [5.41, 5.74) is 1.36. The summed E-state index contributed by atoms with van der Waals surface area (Å²) in [6.45, 7) is 1.76. The predicted molar refractivity (Wildman–Crippen MR) is 96.4 cm³/mol. The third-order valence-corrected chi connectivity index (χ3v) is 4.64. The minimum atomic E-state index is -0.579. The number of hydrogen-bond acceptors (Lipinski definition) is 2. The summed E-state index contributed by atoms with van der Waals surface area (Å²) >= 11 is 5.73. The third-order valence-electron chi connectivity index (χ3n) is 4.40. The predicted octanol–water partition coefficient (Wildman–Crippen LogP) is 4.34. The molecule has 132 valence electrons. The van der Waals surface area contributed by atoms with E-state index in [1.807, 2.05) is 18.2 Å². The molecule has 1 aliphatic heterocycles. The highest BCUT2D eigenvalue weighted by atomic mass is 35.5. The number of carbonyl (C=O) groups is 1. The molecule has 1 fully saturated rings. The van der Waals surface area contributed by atoms with Crippen molar-refractivity contribution in [2.24, 2.45) is 0 Å². The molecule has 3 nitrogen and oxygen atoms in total. The van der Waals surface area contributed by atoms with Crippen molar-refractivity contribution in [1.29, 1.82) is 0 Å². The third kappa shape index (κ3) is 4.80. The second-order valence-electron chi connectivity index (χ2n) is 6.25. The van der Waals surface area contributed by atoms with Gasteiger partial charge in [-0.15, -0.1) is 0 Å². The van der Waals surface area contributed by atoms with Gasteiger partial charge >= 0.3 is 0 Å². The van der Waals surface area contributed by atoms with E-state index in [-0.39, 0.29) is 22.6 Å². The average Bonchev–Trinajstić information content (AvgIpc) is 3.08. The van der Waals surface area contributed by atoms with Crippen LogP contribution in [0, 0.1) is 5.82 Å². The fraction of sp³-hybridized carbons (Fsp3) is 0.350. The van der Waals surface area contributed by atoms with Crippen molar-refractivity contribution in [2.75, 3.05) is 19.7 Å². The Morgan fingerprint density at radius 2 is 2.04 bits per heavy atom. The van der Waals surface area contributed by atoms with E-state index in [0.717, 1.165) is 19.3 Å². The standard InChI is InChI=1S/C20H21ClFNO2/c21-16-8-9-18(19(22)13-16)20(24)23-11-10-17(14-23)25-12-4-7-15-5-2-1-3-6-15/h1-3,5-6,8-9,13,17H,4,7,10-12,14H2/t17-/m1/s1. The molecule has 5 heteroatoms. The van der Waals surface area contributed by atoms with Gasteiger partial charge in [-0.25, -0.2) is 4.39 Å². The van der Waals surface area contributed by atoms with Gasteiger partial charge in [0.1, 0.15) is 5.82 Å². The molecule has 0 aliphatic carbocycles. The molecule has 2 aromatic carbocycles. The highest BCUT2D eigenvalue weighted by molar-refractivity contribution is 6.30. The Labute approximate surface area is 152 Å². The first-order valence-electron chi connectivity index (χ1n) is 8.53. The smallest absolute Gasteiger partial charge is 0.256 e. The lowest BCUT2D eigenvalue weighted by atomic mass is 10.1. The van der Waals surface area contributed by atoms with Crippen LogP contribution in [-0.4, -0.2) is 36.6 Å². The van der Waals surface area contributed by atoms with Crippen LogP contribution in [-0.2, 0) is 11.2 Å². The summed E-state index contributed by atoms with van der Waals surface area (Å²) in [6, 6.07) is 14.4. The minimum absolute atomic E-state index is 0.0232. The Morgan fingerprint density at radius 1 is 1.24 bits per heavy atom. The lowest BCUT2D eigenvalue weighted by molar-refractivity contribution is 0.0523. The zero-order valence-electron chi connectivity index (χ0n) is 14.0. The molecule has 0 N–H and O–H groups in total. The number of carbonyl (C=O) groups excluding carboxylic acids is 1. The second kappa shape index (κ2) is 8.45. The number of likely N-dealkylation sites (tertiary alicyclic amines) is 1. The van der Waals surface area contributed by atoms with Gasteiger partial charge in [-0.2, -0.15) is 0 Å². The van der Waals surface area contributed by atoms with Gasteiger partial charge in [0.25, 0.3) is 5.91 Å². The van der Waals surface area contributed by atoms with E-state index >= 15 is 0 Å². The summed E-state index contributed by atoms with van der Waals surface area (Å²) in [6.07, 6.45) is 2.73. The summed E-state index contributed by atoms with van der Waals surface area (Å²) in [4.78, 5) is 14.1. The minimum Gasteiger partial charge on any atom is -0.376 e. The molecule has 1 amide bonds. The molecule has 1 heterocycles. The fourth-order valence-corrected chi connectivity index (χ4v) is 3.21. The summed E-state index contributed by atoms with van der Waals surface area (Å²) < 4.78 is 19.8. The molecule has 1 aliphatic rings. The van der Waals surface area contributed by atoms with Crippen LogP contribution in [0.3, 0.4) is 0 Å². The molecule has 0 aromatic heterocycles. The van der Waals surface area contributed by atoms with Crippen LogP contribution >= 0.6 is 11.6 Å². The number of halogens is 2. The quantitative estimate of drug-likeness (QED) is 0.716. The molecule has 0 saturated carbocycles. The number of nitrogens with zero attached hydrogens (tertiary/aromatic N) is 1. The molecule has 0 bridgehead atoms. The maximum absolute atomic E-state index is 13.9. The van der Waals surface area contributed by atoms with Crippen LogP contribution in [0.5, 0.6) is 0 Å². The number of ether oxygens (including phenoxy) is 1. The van der Waals surface area contributed by atoms with Crippen LogP contribution in [0.4, 0.5) is 4.39 Å². The van der Waals surface area contributed by atoms with Gasteiger partial charge in [-0.1, -0.05) is 41.9 Å². The first-order valence-corrected chi connectivity index (χ1v) is 8.91. The van der Waals surface area contributed by atoms with Crippen LogP contribution in [0.25, 0.3) is 0 Å². The van der Waals surface area contributed by atoms with E-state index in [9.17, 15) is 9.18 Å². The van der Waals surface area contributed by atoms with Crippen molar-refractivity contribution in [2.45, 2.75) is 25.4 Å². The summed E-state index contributed by atoms with van der Waals surface area (Å²) in [5.74, 6) is -0.880. The first kappa shape index (κ1) is 17.9. The van der Waals surface area contributed by atoms with E-state index in [1.54, 1.807) is 4.90 Å². The van der Waals surface area contributed by atoms with Crippen molar-refractivity contribution in [3.8, 4) is 0 Å². The van der Waals surface area contributed by atoms with Gasteiger partial charge in [0.15, 0.2) is 0 Å². The van der Waals surface area contributed by atoms with Gasteiger partial charge in [-0.3, -0.25) is 4.79 Å². The van der Waals surface area contributed by atoms with Gasteiger partial charge in [0.2, 0.25) is 0 Å². The average molecular weight is 362 g/mol. The highest BCUT2D eigenvalue weighted by Gasteiger charge is 2.28. The Balaban J connectivity index is 1.44. The maximum Gasteiger partial charge on any atom is 0.256 e. The molecule has 25 heavy (non-hydrogen) atoms. The first-order chi connectivity index (χ1) is 12.1. The number of rotatable bonds is 6. The van der Waals surface area contributed by atoms with Gasteiger partial charge in [0.05, 0.1) is 11.7 Å². The number of benzene rings is 2. The topological polar surface area (TPSA) is 29.5 Å². The molecule has 2 aromatic rings. The summed E-state index contributed by atoms with van der Waals surface area (Å²) in [5, 5.41) is 0.287. The fourth-order valence-electron chi connectivity index (χ4n) is 3.05. The van der Waals surface area contributed by atoms with E-state index in [4.69, 9.17) is 16.3 Å². The molecule has 0 spiro atoms. The molecular formula is C20H21ClFNO2. The highest BCUT2D eigenvalue weighted by Crippen LogP contribution is 2.20. The normalized spacial score (nSPS) is 17.0. The number of hydrogen-bond donors (Lipinski definition) is 0. The number of aryl methyl sites for hydroxylation is 1. The van der Waals surface area contributed by atoms with Gasteiger partial charge < -0.3 is 9.64 Å². The zero-order valence-corrected chi connectivity index (χ0v) is 14.7. The lowest BCUT2D eigenvalue weighted by Gasteiger charge is -2.17. The lowest BCUT2D eigenvalue weighted by Crippen LogP contribution is -2.30. The SMILES string of the molecule is O=C(c1ccc(Cl)cc1F)N1CC[C@@H](OCCCc2ccccc2)C1. The van der Waals surface area contributed by atoms with Gasteiger partial charge in [0, 0.05) is 24.7 Å². The van der Waals surface area contributed by atoms with E-state index < -0.39 is 5.82 Å². The monoisotopic (exact) mass is 361 g/mol. The van der Waals surface area contributed by atoms with Crippen molar-refractivity contribution >= 4 is 17.5 Å². The maximum atomic E-state index is 13.9. The Kier molecular flexibility index (Phi) is 6.05. The van der Waals surface area contributed by atoms with Crippen molar-refractivity contribution in [1.82, 2.24) is 4.90 Å². The van der Waals surface area contributed by atoms with Crippen LogP contribution < -0.4 is 0 Å². The Bertz CT molecular complexity index is 723. The van der Waals surface area contributed by atoms with Crippen LogP contribution in [0.15, 0.2) is 48.5 Å². The molecule has 1 atom stereocenters. The second-order valence-corrected chi connectivity index (χ2v) is 6.68. The molecule has 3 rings (SSSR count). The summed E-state index contributed by atoms with van der Waals surface area (Å²) in [7, 11) is 0. The van der Waals surface area contributed by atoms with Crippen molar-refractivity contribution in [3.05, 3.63) is 70.5 Å². The van der Waals surface area contributed by atoms with Crippen molar-refractivity contribution in [3.63, 3.8) is 0 Å². The van der Waals surface area contributed by atoms with Crippen molar-refractivity contribution < 1.29 is 13.9 Å². The molecule has 1 saturated heterocycles. The van der Waals surface area contributed by atoms with E-state index in [2.05, 4.69) is 12.1 Å². The largest absolute Gasteiger partial charge is 0.376 e. The Morgan fingerprint density at radius 3 is 2.80 bits per heavy atom. The van der Waals surface area contributed by atoms with Gasteiger partial charge in [-0.05, 0) is 43.0 Å². The van der Waals surface area contributed by atoms with E-state index in [0.29, 0.717) is 19.7 Å². The van der Waals surface area contributed by atoms with Crippen LogP contribution in [0.1, 0.15) is 28.8 Å². The zero-order chi connectivity index (χ0) is 17.6. The number of amides is 1. The van der Waals surface area contributed by atoms with Crippen LogP contribution in [0.2, 0.25) is 5.02 Å². The molecule has 0 radical (unpaired) electrons. The molecular weight excluding hydrogens is 341 g/mol. The van der Waals surface area contributed by atoms with E-state index in [1.165, 1.54) is 23.8 Å².